The van der Waals surface area contributed by atoms with Crippen LogP contribution in [-0.4, -0.2) is 71.1 Å². The molecule has 0 aromatic rings. The molecule has 2 heterocycles. The van der Waals surface area contributed by atoms with Crippen molar-refractivity contribution >= 4 is 23.7 Å². The summed E-state index contributed by atoms with van der Waals surface area (Å²) in [5.41, 5.74) is 0. The van der Waals surface area contributed by atoms with E-state index in [2.05, 4.69) is 10.6 Å². The van der Waals surface area contributed by atoms with Gasteiger partial charge in [0.25, 0.3) is 11.8 Å². The molecule has 0 radical (unpaired) electrons. The summed E-state index contributed by atoms with van der Waals surface area (Å²) >= 11 is 0. The summed E-state index contributed by atoms with van der Waals surface area (Å²) in [6.45, 7) is 6.51. The fourth-order valence-corrected chi connectivity index (χ4v) is 3.24. The highest BCUT2D eigenvalue weighted by atomic mass is 16.6. The molecule has 3 unspecified atom stereocenters. The van der Waals surface area contributed by atoms with E-state index < -0.39 is 42.1 Å². The van der Waals surface area contributed by atoms with Gasteiger partial charge in [-0.05, 0) is 25.2 Å². The Kier molecular flexibility index (Phi) is 7.18. The molecule has 3 amide bonds. The molecule has 2 aliphatic heterocycles. The van der Waals surface area contributed by atoms with Gasteiger partial charge in [0.05, 0.1) is 0 Å². The quantitative estimate of drug-likeness (QED) is 0.477. The van der Waals surface area contributed by atoms with E-state index in [4.69, 9.17) is 4.74 Å². The van der Waals surface area contributed by atoms with Gasteiger partial charge < -0.3 is 25.4 Å². The number of carboxylic acid groups (broad SMARTS) is 1. The number of hydrogen-bond acceptors (Lipinski definition) is 5. The number of aliphatic carboxylic acids is 1. The first-order valence-corrected chi connectivity index (χ1v) is 9.58. The second-order valence-electron chi connectivity index (χ2n) is 7.17. The summed E-state index contributed by atoms with van der Waals surface area (Å²) in [7, 11) is 0. The third kappa shape index (κ3) is 4.97. The first-order valence-electron chi connectivity index (χ1n) is 9.58. The Morgan fingerprint density at radius 2 is 1.85 bits per heavy atom. The van der Waals surface area contributed by atoms with Crippen molar-refractivity contribution in [3.05, 3.63) is 0 Å². The number of rotatable bonds is 9. The minimum atomic E-state index is -1.03. The van der Waals surface area contributed by atoms with E-state index in [0.29, 0.717) is 32.4 Å². The van der Waals surface area contributed by atoms with E-state index >= 15 is 0 Å². The van der Waals surface area contributed by atoms with Crippen molar-refractivity contribution in [1.82, 2.24) is 15.5 Å². The van der Waals surface area contributed by atoms with Crippen LogP contribution in [0.3, 0.4) is 0 Å². The molecule has 2 rings (SSSR count). The first kappa shape index (κ1) is 21.1. The molecule has 2 saturated heterocycles. The Morgan fingerprint density at radius 1 is 1.19 bits per heavy atom. The Bertz CT molecular complexity index is 596. The molecule has 3 N–H and O–H groups in total. The zero-order chi connectivity index (χ0) is 20.1. The summed E-state index contributed by atoms with van der Waals surface area (Å²) in [6, 6.07) is -1.70. The smallest absolute Gasteiger partial charge is 0.326 e. The topological polar surface area (TPSA) is 128 Å². The molecule has 5 atom stereocenters. The van der Waals surface area contributed by atoms with Crippen LogP contribution in [0.5, 0.6) is 0 Å². The van der Waals surface area contributed by atoms with Gasteiger partial charge in [-0.15, -0.1) is 0 Å². The number of carboxylic acids is 1. The van der Waals surface area contributed by atoms with Gasteiger partial charge >= 0.3 is 5.97 Å². The fourth-order valence-electron chi connectivity index (χ4n) is 3.24. The lowest BCUT2D eigenvalue weighted by Crippen LogP contribution is -2.55. The van der Waals surface area contributed by atoms with Gasteiger partial charge in [0.1, 0.15) is 12.1 Å². The number of nitrogens with zero attached hydrogens (tertiary/aromatic N) is 1. The monoisotopic (exact) mass is 383 g/mol. The number of carbonyl (C=O) groups is 4. The Labute approximate surface area is 158 Å². The summed E-state index contributed by atoms with van der Waals surface area (Å²) in [6.07, 6.45) is 0.704. The van der Waals surface area contributed by atoms with Crippen LogP contribution in [-0.2, 0) is 23.9 Å². The maximum atomic E-state index is 12.9. The molecule has 0 spiro atoms. The number of carbonyl (C=O) groups excluding carboxylic acids is 3. The van der Waals surface area contributed by atoms with Crippen molar-refractivity contribution in [3.8, 4) is 0 Å². The Morgan fingerprint density at radius 3 is 2.44 bits per heavy atom. The maximum Gasteiger partial charge on any atom is 0.326 e. The molecule has 0 aromatic heterocycles. The van der Waals surface area contributed by atoms with Crippen LogP contribution in [0.1, 0.15) is 46.5 Å². The number of epoxide rings is 1. The summed E-state index contributed by atoms with van der Waals surface area (Å²) < 4.78 is 5.17. The molecule has 2 fully saturated rings. The third-order valence-electron chi connectivity index (χ3n) is 5.16. The van der Waals surface area contributed by atoms with Crippen molar-refractivity contribution in [2.75, 3.05) is 13.1 Å². The van der Waals surface area contributed by atoms with Gasteiger partial charge in [-0.1, -0.05) is 27.2 Å². The highest BCUT2D eigenvalue weighted by Gasteiger charge is 2.51. The second kappa shape index (κ2) is 9.16. The van der Waals surface area contributed by atoms with Gasteiger partial charge in [-0.3, -0.25) is 14.4 Å². The molecule has 0 aromatic carbocycles. The molecule has 9 nitrogen and oxygen atoms in total. The SMILES string of the molecule is CCCNC(=O)[C@H]1O[C@@H]1C(=O)NC(C(=O)N1CCCC1C(=O)O)C(C)CC. The number of nitrogens with one attached hydrogen (secondary N) is 2. The fraction of sp³-hybridized carbons (Fsp3) is 0.778. The standard InChI is InChI=1S/C18H29N3O6/c1-4-8-19-15(22)13-14(27-13)16(23)20-12(10(3)5-2)17(24)21-9-6-7-11(21)18(25)26/h10-14H,4-9H2,1-3H3,(H,19,22)(H,20,23)(H,25,26)/t10?,11?,12?,13-,14-/m0/s1. The molecule has 152 valence electrons. The largest absolute Gasteiger partial charge is 0.480 e. The van der Waals surface area contributed by atoms with Crippen molar-refractivity contribution in [3.63, 3.8) is 0 Å². The molecular formula is C18H29N3O6. The van der Waals surface area contributed by atoms with Crippen LogP contribution in [0.25, 0.3) is 0 Å². The lowest BCUT2D eigenvalue weighted by atomic mass is 9.97. The minimum Gasteiger partial charge on any atom is -0.480 e. The predicted molar refractivity (Wildman–Crippen MR) is 95.7 cm³/mol. The van der Waals surface area contributed by atoms with Crippen molar-refractivity contribution in [1.29, 1.82) is 0 Å². The van der Waals surface area contributed by atoms with Gasteiger partial charge in [-0.25, -0.2) is 4.79 Å². The lowest BCUT2D eigenvalue weighted by Gasteiger charge is -2.30. The van der Waals surface area contributed by atoms with Gasteiger partial charge in [0.15, 0.2) is 12.2 Å². The lowest BCUT2D eigenvalue weighted by molar-refractivity contribution is -0.150. The molecule has 27 heavy (non-hydrogen) atoms. The van der Waals surface area contributed by atoms with E-state index in [1.807, 2.05) is 20.8 Å². The van der Waals surface area contributed by atoms with Crippen LogP contribution in [0, 0.1) is 5.92 Å². The van der Waals surface area contributed by atoms with Crippen LogP contribution < -0.4 is 10.6 Å². The maximum absolute atomic E-state index is 12.9. The Balaban J connectivity index is 2.01. The summed E-state index contributed by atoms with van der Waals surface area (Å²) in [4.78, 5) is 49.9. The molecule has 2 aliphatic rings. The number of hydrogen-bond donors (Lipinski definition) is 3. The van der Waals surface area contributed by atoms with Crippen molar-refractivity contribution < 1.29 is 29.0 Å². The van der Waals surface area contributed by atoms with E-state index in [1.165, 1.54) is 4.90 Å². The summed E-state index contributed by atoms with van der Waals surface area (Å²) in [5, 5.41) is 14.7. The second-order valence-corrected chi connectivity index (χ2v) is 7.17. The first-order chi connectivity index (χ1) is 12.8. The third-order valence-corrected chi connectivity index (χ3v) is 5.16. The molecule has 0 bridgehead atoms. The van der Waals surface area contributed by atoms with Gasteiger partial charge in [0, 0.05) is 13.1 Å². The van der Waals surface area contributed by atoms with E-state index in [-0.39, 0.29) is 11.8 Å². The zero-order valence-corrected chi connectivity index (χ0v) is 16.1. The average molecular weight is 383 g/mol. The highest BCUT2D eigenvalue weighted by Crippen LogP contribution is 2.25. The minimum absolute atomic E-state index is 0.178. The van der Waals surface area contributed by atoms with E-state index in [1.54, 1.807) is 0 Å². The number of amides is 3. The normalized spacial score (nSPS) is 26.2. The number of likely N-dealkylation sites (tertiary alicyclic amines) is 1. The van der Waals surface area contributed by atoms with Gasteiger partial charge in [0.2, 0.25) is 5.91 Å². The predicted octanol–water partition coefficient (Wildman–Crippen LogP) is -0.113. The van der Waals surface area contributed by atoms with Crippen LogP contribution in [0.2, 0.25) is 0 Å². The highest BCUT2D eigenvalue weighted by molar-refractivity contribution is 5.97. The van der Waals surface area contributed by atoms with Crippen LogP contribution in [0.15, 0.2) is 0 Å². The number of ether oxygens (including phenoxy) is 1. The van der Waals surface area contributed by atoms with E-state index in [9.17, 15) is 24.3 Å². The van der Waals surface area contributed by atoms with Crippen LogP contribution in [0.4, 0.5) is 0 Å². The van der Waals surface area contributed by atoms with Crippen molar-refractivity contribution in [2.24, 2.45) is 5.92 Å². The summed E-state index contributed by atoms with van der Waals surface area (Å²) in [5.74, 6) is -2.46. The van der Waals surface area contributed by atoms with Crippen molar-refractivity contribution in [2.45, 2.75) is 70.7 Å². The zero-order valence-electron chi connectivity index (χ0n) is 16.1. The van der Waals surface area contributed by atoms with Gasteiger partial charge in [-0.2, -0.15) is 0 Å². The molecule has 0 saturated carbocycles. The molecule has 0 aliphatic carbocycles. The Hall–Kier alpha value is -2.16. The molecular weight excluding hydrogens is 354 g/mol. The van der Waals surface area contributed by atoms with Crippen LogP contribution >= 0.6 is 0 Å². The molecule has 9 heteroatoms. The van der Waals surface area contributed by atoms with E-state index in [0.717, 1.165) is 6.42 Å². The average Bonchev–Trinajstić information content (AvgIpc) is 3.30.